The Morgan fingerprint density at radius 3 is 2.42 bits per heavy atom. The zero-order valence-corrected chi connectivity index (χ0v) is 7.07. The van der Waals surface area contributed by atoms with Gasteiger partial charge in [0.1, 0.15) is 6.04 Å². The number of amides is 1. The minimum atomic E-state index is -0.999. The molecule has 0 fully saturated rings. The molecule has 0 aromatic carbocycles. The second-order valence-corrected chi connectivity index (χ2v) is 2.61. The van der Waals surface area contributed by atoms with Gasteiger partial charge in [0, 0.05) is 0 Å². The number of aliphatic hydroxyl groups excluding tert-OH is 1. The maximum Gasteiger partial charge on any atom is 0.240 e. The quantitative estimate of drug-likeness (QED) is 0.473. The summed E-state index contributed by atoms with van der Waals surface area (Å²) in [5.41, 5.74) is 5.27. The lowest BCUT2D eigenvalue weighted by Gasteiger charge is -2.15. The summed E-state index contributed by atoms with van der Waals surface area (Å²) in [5, 5.41) is 11.2. The molecular weight excluding hydrogens is 160 g/mol. The first-order valence-corrected chi connectivity index (χ1v) is 3.60. The number of hydrogen-bond acceptors (Lipinski definition) is 4. The highest BCUT2D eigenvalue weighted by Crippen LogP contribution is 1.89. The van der Waals surface area contributed by atoms with Crippen LogP contribution in [0.2, 0.25) is 0 Å². The van der Waals surface area contributed by atoms with Gasteiger partial charge < -0.3 is 16.2 Å². The van der Waals surface area contributed by atoms with Gasteiger partial charge in [-0.2, -0.15) is 0 Å². The van der Waals surface area contributed by atoms with Gasteiger partial charge in [-0.25, -0.2) is 0 Å². The summed E-state index contributed by atoms with van der Waals surface area (Å²) in [4.78, 5) is 21.0. The summed E-state index contributed by atoms with van der Waals surface area (Å²) in [5.74, 6) is -0.555. The molecule has 0 aliphatic rings. The van der Waals surface area contributed by atoms with E-state index in [-0.39, 0.29) is 0 Å². The molecule has 0 rings (SSSR count). The molecule has 0 aromatic rings. The van der Waals surface area contributed by atoms with Gasteiger partial charge >= 0.3 is 0 Å². The molecule has 0 aliphatic carbocycles. The Labute approximate surface area is 70.9 Å². The lowest BCUT2D eigenvalue weighted by Crippen LogP contribution is -2.49. The van der Waals surface area contributed by atoms with Crippen LogP contribution in [0.5, 0.6) is 0 Å². The second kappa shape index (κ2) is 4.84. The monoisotopic (exact) mass is 173 g/mol. The summed E-state index contributed by atoms with van der Waals surface area (Å²) in [6.45, 7) is 2.87. The highest BCUT2D eigenvalue weighted by molar-refractivity contribution is 5.84. The second-order valence-electron chi connectivity index (χ2n) is 2.61. The molecule has 1 amide bonds. The van der Waals surface area contributed by atoms with Crippen molar-refractivity contribution >= 4 is 12.2 Å². The molecule has 0 bridgehead atoms. The third-order valence-corrected chi connectivity index (χ3v) is 1.36. The van der Waals surface area contributed by atoms with Crippen LogP contribution in [0.15, 0.2) is 0 Å². The average molecular weight is 173 g/mol. The van der Waals surface area contributed by atoms with Crippen LogP contribution in [0, 0.1) is 0 Å². The van der Waals surface area contributed by atoms with E-state index in [1.54, 1.807) is 6.29 Å². The van der Waals surface area contributed by atoms with Gasteiger partial charge in [-0.15, -0.1) is 0 Å². The minimum absolute atomic E-state index is 0.555. The summed E-state index contributed by atoms with van der Waals surface area (Å²) in [6.07, 6.45) is 0.643. The molecule has 69 valence electrons. The van der Waals surface area contributed by atoms with Crippen molar-refractivity contribution in [2.24, 2.45) is 5.73 Å². The molecule has 1 radical (unpaired) electrons. The Kier molecular flexibility index (Phi) is 4.46. The van der Waals surface area contributed by atoms with Crippen molar-refractivity contribution in [1.82, 2.24) is 5.32 Å². The number of hydrogen-bond donors (Lipinski definition) is 3. The predicted octanol–water partition coefficient (Wildman–Crippen LogP) is -1.69. The van der Waals surface area contributed by atoms with Gasteiger partial charge in [0.15, 0.2) is 0 Å². The first-order valence-electron chi connectivity index (χ1n) is 3.60. The Morgan fingerprint density at radius 1 is 1.58 bits per heavy atom. The third-order valence-electron chi connectivity index (χ3n) is 1.36. The molecule has 3 atom stereocenters. The molecule has 0 spiro atoms. The molecule has 12 heavy (non-hydrogen) atoms. The van der Waals surface area contributed by atoms with Gasteiger partial charge in [-0.05, 0) is 13.8 Å². The van der Waals surface area contributed by atoms with Crippen LogP contribution < -0.4 is 11.1 Å². The molecule has 0 saturated carbocycles. The smallest absolute Gasteiger partial charge is 0.240 e. The fourth-order valence-electron chi connectivity index (χ4n) is 0.558. The van der Waals surface area contributed by atoms with E-state index >= 15 is 0 Å². The lowest BCUT2D eigenvalue weighted by molar-refractivity contribution is -0.124. The summed E-state index contributed by atoms with van der Waals surface area (Å²) in [7, 11) is 0. The van der Waals surface area contributed by atoms with Crippen LogP contribution in [0.3, 0.4) is 0 Å². The topological polar surface area (TPSA) is 92.4 Å². The third kappa shape index (κ3) is 3.45. The number of carbonyl (C=O) groups excluding carboxylic acids is 2. The van der Waals surface area contributed by atoms with E-state index < -0.39 is 24.1 Å². The van der Waals surface area contributed by atoms with Crippen molar-refractivity contribution < 1.29 is 14.7 Å². The standard InChI is InChI=1S/C7H13N2O3/c1-4(3-10)9-7(12)6(8)5(2)11/h4-6,11H,8H2,1-2H3,(H,9,12). The van der Waals surface area contributed by atoms with Crippen molar-refractivity contribution in [3.8, 4) is 0 Å². The van der Waals surface area contributed by atoms with Gasteiger partial charge in [0.25, 0.3) is 0 Å². The van der Waals surface area contributed by atoms with Gasteiger partial charge in [-0.3, -0.25) is 9.59 Å². The van der Waals surface area contributed by atoms with Gasteiger partial charge in [-0.1, -0.05) is 0 Å². The van der Waals surface area contributed by atoms with E-state index in [1.807, 2.05) is 0 Å². The first-order chi connectivity index (χ1) is 5.49. The normalized spacial score (nSPS) is 17.7. The predicted molar refractivity (Wildman–Crippen MR) is 43.0 cm³/mol. The zero-order valence-electron chi connectivity index (χ0n) is 7.07. The van der Waals surface area contributed by atoms with E-state index in [0.717, 1.165) is 0 Å². The molecule has 5 heteroatoms. The Balaban J connectivity index is 3.95. The van der Waals surface area contributed by atoms with Crippen LogP contribution >= 0.6 is 0 Å². The molecule has 0 saturated heterocycles. The number of nitrogens with one attached hydrogen (secondary N) is 1. The van der Waals surface area contributed by atoms with Crippen LogP contribution in [0.25, 0.3) is 0 Å². The highest BCUT2D eigenvalue weighted by Gasteiger charge is 2.19. The van der Waals surface area contributed by atoms with Crippen LogP contribution in [0.4, 0.5) is 0 Å². The van der Waals surface area contributed by atoms with E-state index in [1.165, 1.54) is 13.8 Å². The number of aliphatic hydroxyl groups is 1. The molecule has 0 heterocycles. The van der Waals surface area contributed by atoms with Crippen LogP contribution in [-0.2, 0) is 9.59 Å². The van der Waals surface area contributed by atoms with Crippen molar-refractivity contribution in [3.63, 3.8) is 0 Å². The van der Waals surface area contributed by atoms with E-state index in [9.17, 15) is 9.59 Å². The van der Waals surface area contributed by atoms with E-state index in [0.29, 0.717) is 0 Å². The van der Waals surface area contributed by atoms with Crippen molar-refractivity contribution in [2.45, 2.75) is 32.0 Å². The summed E-state index contributed by atoms with van der Waals surface area (Å²) >= 11 is 0. The van der Waals surface area contributed by atoms with Gasteiger partial charge in [0.05, 0.1) is 12.1 Å². The fraction of sp³-hybridized carbons (Fsp3) is 0.714. The number of carbonyl (C=O) groups is 1. The van der Waals surface area contributed by atoms with Crippen molar-refractivity contribution in [2.75, 3.05) is 0 Å². The Hall–Kier alpha value is -0.940. The van der Waals surface area contributed by atoms with Gasteiger partial charge in [0.2, 0.25) is 12.2 Å². The van der Waals surface area contributed by atoms with Crippen LogP contribution in [-0.4, -0.2) is 35.5 Å². The lowest BCUT2D eigenvalue weighted by atomic mass is 10.2. The highest BCUT2D eigenvalue weighted by atomic mass is 16.3. The van der Waals surface area contributed by atoms with Crippen LogP contribution in [0.1, 0.15) is 13.8 Å². The Morgan fingerprint density at radius 2 is 2.08 bits per heavy atom. The minimum Gasteiger partial charge on any atom is -0.391 e. The Bertz CT molecular complexity index is 170. The molecular formula is C7H13N2O3. The van der Waals surface area contributed by atoms with Crippen molar-refractivity contribution in [3.05, 3.63) is 0 Å². The molecule has 5 nitrogen and oxygen atoms in total. The first kappa shape index (κ1) is 11.1. The zero-order chi connectivity index (χ0) is 9.72. The largest absolute Gasteiger partial charge is 0.391 e. The van der Waals surface area contributed by atoms with E-state index in [4.69, 9.17) is 10.8 Å². The maximum absolute atomic E-state index is 11.0. The van der Waals surface area contributed by atoms with E-state index in [2.05, 4.69) is 5.32 Å². The number of rotatable bonds is 4. The summed E-state index contributed by atoms with van der Waals surface area (Å²) < 4.78 is 0. The fourth-order valence-corrected chi connectivity index (χ4v) is 0.558. The molecule has 0 aromatic heterocycles. The SMILES string of the molecule is CC([C]=O)NC(=O)C(N)C(C)O. The molecule has 0 aliphatic heterocycles. The molecule has 4 N–H and O–H groups in total. The average Bonchev–Trinajstić information content (AvgIpc) is 2.02. The maximum atomic E-state index is 11.0. The summed E-state index contributed by atoms with van der Waals surface area (Å²) in [6, 6.07) is -1.69. The number of nitrogens with two attached hydrogens (primary N) is 1. The van der Waals surface area contributed by atoms with Crippen molar-refractivity contribution in [1.29, 1.82) is 0 Å². The molecule has 3 unspecified atom stereocenters.